The molecule has 0 unspecified atom stereocenters. The normalized spacial score (nSPS) is 10.1. The fourth-order valence-electron chi connectivity index (χ4n) is 1.43. The van der Waals surface area contributed by atoms with Gasteiger partial charge in [-0.15, -0.1) is 0 Å². The van der Waals surface area contributed by atoms with E-state index in [1.807, 2.05) is 6.92 Å². The number of ether oxygens (including phenoxy) is 1. The van der Waals surface area contributed by atoms with Crippen LogP contribution in [-0.4, -0.2) is 0 Å². The molecular weight excluding hydrogens is 205 g/mol. The molecule has 0 saturated heterocycles. The topological polar surface area (TPSA) is 35.2 Å². The number of para-hydroxylation sites is 1. The van der Waals surface area contributed by atoms with Crippen molar-refractivity contribution in [2.75, 3.05) is 5.73 Å². The van der Waals surface area contributed by atoms with Crippen molar-refractivity contribution in [1.29, 1.82) is 0 Å². The lowest BCUT2D eigenvalue weighted by atomic mass is 10.2. The number of benzene rings is 2. The van der Waals surface area contributed by atoms with Gasteiger partial charge >= 0.3 is 0 Å². The molecule has 2 rings (SSSR count). The van der Waals surface area contributed by atoms with Crippen molar-refractivity contribution in [3.63, 3.8) is 0 Å². The molecule has 0 aliphatic carbocycles. The Morgan fingerprint density at radius 2 is 1.81 bits per heavy atom. The van der Waals surface area contributed by atoms with Gasteiger partial charge in [0.1, 0.15) is 5.75 Å². The van der Waals surface area contributed by atoms with Crippen LogP contribution in [0.4, 0.5) is 10.1 Å². The Bertz CT molecular complexity index is 511. The second kappa shape index (κ2) is 4.23. The number of hydrogen-bond donors (Lipinski definition) is 1. The van der Waals surface area contributed by atoms with Crippen LogP contribution in [0.3, 0.4) is 0 Å². The van der Waals surface area contributed by atoms with Crippen LogP contribution in [0.2, 0.25) is 0 Å². The van der Waals surface area contributed by atoms with Gasteiger partial charge in [0, 0.05) is 5.69 Å². The van der Waals surface area contributed by atoms with E-state index < -0.39 is 0 Å². The molecule has 82 valence electrons. The van der Waals surface area contributed by atoms with Crippen molar-refractivity contribution in [3.8, 4) is 11.5 Å². The summed E-state index contributed by atoms with van der Waals surface area (Å²) in [5.41, 5.74) is 7.16. The molecule has 2 aromatic rings. The zero-order chi connectivity index (χ0) is 11.5. The summed E-state index contributed by atoms with van der Waals surface area (Å²) in [4.78, 5) is 0. The average Bonchev–Trinajstić information content (AvgIpc) is 2.25. The Morgan fingerprint density at radius 3 is 2.50 bits per heavy atom. The Balaban J connectivity index is 2.31. The predicted molar refractivity (Wildman–Crippen MR) is 62.1 cm³/mol. The summed E-state index contributed by atoms with van der Waals surface area (Å²) >= 11 is 0. The van der Waals surface area contributed by atoms with Crippen molar-refractivity contribution in [3.05, 3.63) is 53.8 Å². The van der Waals surface area contributed by atoms with Crippen molar-refractivity contribution in [2.45, 2.75) is 6.92 Å². The molecule has 0 aliphatic heterocycles. The molecule has 0 bridgehead atoms. The standard InChI is InChI=1S/C13H12FNO/c1-9-8-10(15)6-7-12(9)16-13-5-3-2-4-11(13)14/h2-8H,15H2,1H3. The number of anilines is 1. The molecule has 0 aromatic heterocycles. The maximum atomic E-state index is 13.3. The van der Waals surface area contributed by atoms with Gasteiger partial charge in [-0.25, -0.2) is 4.39 Å². The third-order valence-electron chi connectivity index (χ3n) is 2.26. The van der Waals surface area contributed by atoms with Crippen molar-refractivity contribution in [1.82, 2.24) is 0 Å². The van der Waals surface area contributed by atoms with Crippen LogP contribution in [0.5, 0.6) is 11.5 Å². The van der Waals surface area contributed by atoms with Gasteiger partial charge in [-0.05, 0) is 42.8 Å². The van der Waals surface area contributed by atoms with E-state index in [4.69, 9.17) is 10.5 Å². The van der Waals surface area contributed by atoms with Gasteiger partial charge in [0.2, 0.25) is 0 Å². The van der Waals surface area contributed by atoms with Crippen LogP contribution in [-0.2, 0) is 0 Å². The lowest BCUT2D eigenvalue weighted by Gasteiger charge is -2.09. The first kappa shape index (κ1) is 10.5. The van der Waals surface area contributed by atoms with Gasteiger partial charge in [-0.3, -0.25) is 0 Å². The summed E-state index contributed by atoms with van der Waals surface area (Å²) in [5, 5.41) is 0. The molecule has 0 aliphatic rings. The third-order valence-corrected chi connectivity index (χ3v) is 2.26. The second-order valence-corrected chi connectivity index (χ2v) is 3.56. The fraction of sp³-hybridized carbons (Fsp3) is 0.0769. The van der Waals surface area contributed by atoms with Crippen LogP contribution < -0.4 is 10.5 Å². The van der Waals surface area contributed by atoms with E-state index in [2.05, 4.69) is 0 Å². The minimum Gasteiger partial charge on any atom is -0.454 e. The number of rotatable bonds is 2. The van der Waals surface area contributed by atoms with Crippen LogP contribution in [0, 0.1) is 12.7 Å². The van der Waals surface area contributed by atoms with E-state index in [1.54, 1.807) is 36.4 Å². The Kier molecular flexibility index (Phi) is 2.77. The molecule has 0 spiro atoms. The molecule has 2 aromatic carbocycles. The molecule has 0 radical (unpaired) electrons. The number of halogens is 1. The summed E-state index contributed by atoms with van der Waals surface area (Å²) in [6.45, 7) is 1.87. The molecule has 2 N–H and O–H groups in total. The first-order chi connectivity index (χ1) is 7.66. The minimum absolute atomic E-state index is 0.218. The number of nitrogens with two attached hydrogens (primary N) is 1. The van der Waals surface area contributed by atoms with E-state index >= 15 is 0 Å². The minimum atomic E-state index is -0.376. The van der Waals surface area contributed by atoms with Crippen molar-refractivity contribution < 1.29 is 9.13 Å². The molecule has 0 atom stereocenters. The van der Waals surface area contributed by atoms with Crippen molar-refractivity contribution in [2.24, 2.45) is 0 Å². The smallest absolute Gasteiger partial charge is 0.165 e. The second-order valence-electron chi connectivity index (χ2n) is 3.56. The van der Waals surface area contributed by atoms with Crippen molar-refractivity contribution >= 4 is 5.69 Å². The maximum Gasteiger partial charge on any atom is 0.165 e. The number of nitrogen functional groups attached to an aromatic ring is 1. The highest BCUT2D eigenvalue weighted by Crippen LogP contribution is 2.27. The van der Waals surface area contributed by atoms with Gasteiger partial charge in [-0.1, -0.05) is 12.1 Å². The average molecular weight is 217 g/mol. The molecule has 16 heavy (non-hydrogen) atoms. The van der Waals surface area contributed by atoms with Gasteiger partial charge in [0.25, 0.3) is 0 Å². The molecule has 3 heteroatoms. The van der Waals surface area contributed by atoms with E-state index in [0.29, 0.717) is 11.4 Å². The van der Waals surface area contributed by atoms with E-state index in [1.165, 1.54) is 6.07 Å². The lowest BCUT2D eigenvalue weighted by molar-refractivity contribution is 0.439. The van der Waals surface area contributed by atoms with Crippen LogP contribution in [0.25, 0.3) is 0 Å². The summed E-state index contributed by atoms with van der Waals surface area (Å²) in [6.07, 6.45) is 0. The molecular formula is C13H12FNO. The number of aryl methyl sites for hydroxylation is 1. The Hall–Kier alpha value is -2.03. The molecule has 0 amide bonds. The zero-order valence-corrected chi connectivity index (χ0v) is 8.91. The Labute approximate surface area is 93.5 Å². The molecule has 0 fully saturated rings. The monoisotopic (exact) mass is 217 g/mol. The van der Waals surface area contributed by atoms with E-state index in [0.717, 1.165) is 5.56 Å². The summed E-state index contributed by atoms with van der Waals surface area (Å²) in [7, 11) is 0. The van der Waals surface area contributed by atoms with Crippen LogP contribution >= 0.6 is 0 Å². The highest BCUT2D eigenvalue weighted by Gasteiger charge is 2.05. The molecule has 0 saturated carbocycles. The SMILES string of the molecule is Cc1cc(N)ccc1Oc1ccccc1F. The summed E-state index contributed by atoms with van der Waals surface area (Å²) < 4.78 is 18.8. The summed E-state index contributed by atoms with van der Waals surface area (Å²) in [6, 6.07) is 11.5. The van der Waals surface area contributed by atoms with Crippen LogP contribution in [0.1, 0.15) is 5.56 Å². The fourth-order valence-corrected chi connectivity index (χ4v) is 1.43. The Morgan fingerprint density at radius 1 is 1.06 bits per heavy atom. The lowest BCUT2D eigenvalue weighted by Crippen LogP contribution is -1.92. The van der Waals surface area contributed by atoms with Gasteiger partial charge in [0.05, 0.1) is 0 Å². The zero-order valence-electron chi connectivity index (χ0n) is 8.91. The quantitative estimate of drug-likeness (QED) is 0.781. The summed E-state index contributed by atoms with van der Waals surface area (Å²) in [5.74, 6) is 0.452. The van der Waals surface area contributed by atoms with E-state index in [9.17, 15) is 4.39 Å². The maximum absolute atomic E-state index is 13.3. The van der Waals surface area contributed by atoms with E-state index in [-0.39, 0.29) is 11.6 Å². The van der Waals surface area contributed by atoms with Gasteiger partial charge in [-0.2, -0.15) is 0 Å². The molecule has 2 nitrogen and oxygen atoms in total. The predicted octanol–water partition coefficient (Wildman–Crippen LogP) is 3.51. The van der Waals surface area contributed by atoms with Gasteiger partial charge in [0.15, 0.2) is 11.6 Å². The number of hydrogen-bond acceptors (Lipinski definition) is 2. The van der Waals surface area contributed by atoms with Crippen LogP contribution in [0.15, 0.2) is 42.5 Å². The largest absolute Gasteiger partial charge is 0.454 e. The first-order valence-corrected chi connectivity index (χ1v) is 4.95. The highest BCUT2D eigenvalue weighted by molar-refractivity contribution is 5.48. The highest BCUT2D eigenvalue weighted by atomic mass is 19.1. The van der Waals surface area contributed by atoms with Gasteiger partial charge < -0.3 is 10.5 Å². The third kappa shape index (κ3) is 2.14. The first-order valence-electron chi connectivity index (χ1n) is 4.95. The molecule has 0 heterocycles.